The third-order valence-corrected chi connectivity index (χ3v) is 8.86. The topological polar surface area (TPSA) is 110 Å². The molecular weight excluding hydrogens is 603 g/mol. The Morgan fingerprint density at radius 2 is 1.74 bits per heavy atom. The highest BCUT2D eigenvalue weighted by Gasteiger charge is 2.54. The molecule has 1 aromatic heterocycles. The summed E-state index contributed by atoms with van der Waals surface area (Å²) in [7, 11) is 0. The number of anilines is 1. The Balaban J connectivity index is 1.09. The van der Waals surface area contributed by atoms with Gasteiger partial charge in [0, 0.05) is 42.7 Å². The van der Waals surface area contributed by atoms with E-state index in [1.807, 2.05) is 66.7 Å². The lowest BCUT2D eigenvalue weighted by atomic mass is 9.61. The van der Waals surface area contributed by atoms with E-state index in [0.717, 1.165) is 42.8 Å². The van der Waals surface area contributed by atoms with Crippen LogP contribution in [-0.4, -0.2) is 73.9 Å². The van der Waals surface area contributed by atoms with Gasteiger partial charge in [-0.1, -0.05) is 12.1 Å². The summed E-state index contributed by atoms with van der Waals surface area (Å²) in [4.78, 5) is 36.1. The molecule has 1 spiro atoms. The molecule has 3 aromatic rings. The molecule has 0 unspecified atom stereocenters. The van der Waals surface area contributed by atoms with Crippen molar-refractivity contribution in [2.75, 3.05) is 18.0 Å². The Bertz CT molecular complexity index is 1650. The molecule has 6 rings (SSSR count). The lowest BCUT2D eigenvalue weighted by Crippen LogP contribution is -2.65. The molecule has 3 heterocycles. The van der Waals surface area contributed by atoms with E-state index in [0.29, 0.717) is 18.9 Å². The number of hydrogen-bond donors (Lipinski definition) is 0. The largest absolute Gasteiger partial charge is 0.490 e. The monoisotopic (exact) mass is 646 g/mol. The summed E-state index contributed by atoms with van der Waals surface area (Å²) in [5.74, 6) is 0.832. The summed E-state index contributed by atoms with van der Waals surface area (Å²) in [6.45, 7) is 15.7. The number of carbonyl (C=O) groups excluding carboxylic acids is 2. The summed E-state index contributed by atoms with van der Waals surface area (Å²) < 4.78 is 32.5. The molecule has 0 atom stereocenters. The summed E-state index contributed by atoms with van der Waals surface area (Å²) in [5, 5.41) is 8.11. The average molecular weight is 647 g/mol. The Labute approximate surface area is 275 Å². The second kappa shape index (κ2) is 12.3. The van der Waals surface area contributed by atoms with Gasteiger partial charge in [0.2, 0.25) is 0 Å². The van der Waals surface area contributed by atoms with Crippen molar-refractivity contribution in [3.63, 3.8) is 0 Å². The van der Waals surface area contributed by atoms with Crippen molar-refractivity contribution in [3.8, 4) is 17.4 Å². The van der Waals surface area contributed by atoms with Gasteiger partial charge in [0.1, 0.15) is 35.3 Å². The van der Waals surface area contributed by atoms with Gasteiger partial charge in [-0.2, -0.15) is 0 Å². The number of nitrogens with zero attached hydrogens (tertiary/aromatic N) is 6. The molecule has 0 N–H and O–H groups in total. The predicted molar refractivity (Wildman–Crippen MR) is 173 cm³/mol. The molecule has 0 radical (unpaired) electrons. The van der Waals surface area contributed by atoms with Gasteiger partial charge in [0.05, 0.1) is 12.1 Å². The molecule has 2 aromatic carbocycles. The van der Waals surface area contributed by atoms with Gasteiger partial charge < -0.3 is 24.0 Å². The van der Waals surface area contributed by atoms with Crippen molar-refractivity contribution in [3.05, 3.63) is 65.2 Å². The molecular formula is C35H43FN6O5. The zero-order chi connectivity index (χ0) is 33.7. The van der Waals surface area contributed by atoms with Gasteiger partial charge in [-0.3, -0.25) is 9.69 Å². The fraction of sp³-hybridized carbons (Fsp3) is 0.514. The molecule has 2 aliphatic heterocycles. The normalized spacial score (nSPS) is 17.0. The molecule has 1 saturated carbocycles. The van der Waals surface area contributed by atoms with E-state index >= 15 is 0 Å². The van der Waals surface area contributed by atoms with Crippen molar-refractivity contribution >= 4 is 17.8 Å². The van der Waals surface area contributed by atoms with Gasteiger partial charge in [-0.15, -0.1) is 10.2 Å². The number of aromatic nitrogens is 3. The first-order valence-electron chi connectivity index (χ1n) is 16.2. The Hall–Kier alpha value is -4.48. The second-order valence-corrected chi connectivity index (χ2v) is 14.5. The zero-order valence-electron chi connectivity index (χ0n) is 28.1. The third-order valence-electron chi connectivity index (χ3n) is 8.86. The fourth-order valence-corrected chi connectivity index (χ4v) is 6.91. The quantitative estimate of drug-likeness (QED) is 0.276. The summed E-state index contributed by atoms with van der Waals surface area (Å²) in [5.41, 5.74) is 1.76. The Kier molecular flexibility index (Phi) is 8.48. The maximum absolute atomic E-state index is 14.3. The van der Waals surface area contributed by atoms with Crippen LogP contribution in [0, 0.1) is 11.2 Å². The molecule has 2 fully saturated rings. The highest BCUT2D eigenvalue weighted by molar-refractivity contribution is 5.97. The fourth-order valence-electron chi connectivity index (χ4n) is 6.91. The summed E-state index contributed by atoms with van der Waals surface area (Å²) in [6.07, 6.45) is 2.88. The smallest absolute Gasteiger partial charge is 0.410 e. The van der Waals surface area contributed by atoms with Crippen LogP contribution >= 0.6 is 0 Å². The van der Waals surface area contributed by atoms with E-state index in [9.17, 15) is 14.0 Å². The maximum atomic E-state index is 14.3. The number of rotatable bonds is 8. The Morgan fingerprint density at radius 3 is 2.43 bits per heavy atom. The van der Waals surface area contributed by atoms with Gasteiger partial charge in [-0.05, 0) is 91.1 Å². The van der Waals surface area contributed by atoms with Crippen LogP contribution in [0.15, 0.2) is 42.7 Å². The zero-order valence-corrected chi connectivity index (χ0v) is 28.1. The molecule has 250 valence electrons. The molecule has 2 amide bonds. The number of amides is 2. The molecule has 47 heavy (non-hydrogen) atoms. The summed E-state index contributed by atoms with van der Waals surface area (Å²) in [6, 6.07) is 9.70. The molecule has 11 nitrogen and oxygen atoms in total. The van der Waals surface area contributed by atoms with Crippen LogP contribution in [-0.2, 0) is 17.8 Å². The first kappa shape index (κ1) is 32.5. The molecule has 12 heteroatoms. The Morgan fingerprint density at radius 1 is 1.02 bits per heavy atom. The number of carbonyl (C=O) groups is 2. The highest BCUT2D eigenvalue weighted by Crippen LogP contribution is 2.52. The number of halogens is 1. The lowest BCUT2D eigenvalue weighted by molar-refractivity contribution is -0.0349. The van der Waals surface area contributed by atoms with Crippen molar-refractivity contribution in [2.45, 2.75) is 98.2 Å². The van der Waals surface area contributed by atoms with E-state index in [2.05, 4.69) is 20.1 Å². The van der Waals surface area contributed by atoms with E-state index in [1.165, 1.54) is 24.5 Å². The SMILES string of the molecule is CC(C)N(C(=O)c1cc(F)ccc1Oc1nncnc1N1CC2(CC(Oc3cccc4c3CN(C(=O)OC(C)(C)C)C4)C2)C1)C(C)C. The average Bonchev–Trinajstić information content (AvgIpc) is 3.39. The highest BCUT2D eigenvalue weighted by atomic mass is 19.1. The number of benzene rings is 2. The first-order valence-corrected chi connectivity index (χ1v) is 16.2. The van der Waals surface area contributed by atoms with Gasteiger partial charge in [-0.25, -0.2) is 14.2 Å². The van der Waals surface area contributed by atoms with E-state index < -0.39 is 11.4 Å². The molecule has 1 saturated heterocycles. The van der Waals surface area contributed by atoms with Crippen LogP contribution in [0.4, 0.5) is 15.0 Å². The number of hydrogen-bond acceptors (Lipinski definition) is 9. The number of ether oxygens (including phenoxy) is 3. The van der Waals surface area contributed by atoms with Crippen LogP contribution < -0.4 is 14.4 Å². The van der Waals surface area contributed by atoms with Gasteiger partial charge >= 0.3 is 6.09 Å². The van der Waals surface area contributed by atoms with Crippen LogP contribution in [0.25, 0.3) is 0 Å². The van der Waals surface area contributed by atoms with E-state index in [1.54, 1.807) is 9.80 Å². The van der Waals surface area contributed by atoms with Gasteiger partial charge in [0.25, 0.3) is 11.8 Å². The predicted octanol–water partition coefficient (Wildman–Crippen LogP) is 6.36. The lowest BCUT2D eigenvalue weighted by Gasteiger charge is -2.58. The van der Waals surface area contributed by atoms with Crippen LogP contribution in [0.3, 0.4) is 0 Å². The first-order chi connectivity index (χ1) is 22.2. The summed E-state index contributed by atoms with van der Waals surface area (Å²) >= 11 is 0. The van der Waals surface area contributed by atoms with E-state index in [4.69, 9.17) is 14.2 Å². The van der Waals surface area contributed by atoms with E-state index in [-0.39, 0.29) is 52.8 Å². The van der Waals surface area contributed by atoms with Crippen LogP contribution in [0.2, 0.25) is 0 Å². The minimum atomic E-state index is -0.553. The van der Waals surface area contributed by atoms with Crippen molar-refractivity contribution in [1.29, 1.82) is 0 Å². The molecule has 3 aliphatic rings. The van der Waals surface area contributed by atoms with Gasteiger partial charge in [0.15, 0.2) is 5.82 Å². The van der Waals surface area contributed by atoms with Crippen LogP contribution in [0.5, 0.6) is 17.4 Å². The van der Waals surface area contributed by atoms with Crippen molar-refractivity contribution in [1.82, 2.24) is 25.0 Å². The van der Waals surface area contributed by atoms with Crippen molar-refractivity contribution < 1.29 is 28.2 Å². The third kappa shape index (κ3) is 6.68. The molecule has 1 aliphatic carbocycles. The standard InChI is InChI=1S/C35H43FN6O5/c1-21(2)42(22(3)4)32(43)26-13-24(36)11-12-29(26)46-31-30(37-20-38-39-31)41-18-35(19-41)14-25(15-35)45-28-10-8-9-23-16-40(17-27(23)28)33(44)47-34(5,6)7/h8-13,20-22,25H,14-19H2,1-7H3. The minimum Gasteiger partial charge on any atom is -0.490 e. The van der Waals surface area contributed by atoms with Crippen molar-refractivity contribution in [2.24, 2.45) is 5.41 Å². The minimum absolute atomic E-state index is 0.0658. The maximum Gasteiger partial charge on any atom is 0.410 e. The van der Waals surface area contributed by atoms with Crippen LogP contribution in [0.1, 0.15) is 82.8 Å². The number of fused-ring (bicyclic) bond motifs is 1. The molecule has 0 bridgehead atoms. The second-order valence-electron chi connectivity index (χ2n) is 14.5.